The Morgan fingerprint density at radius 2 is 2.14 bits per heavy atom. The Labute approximate surface area is 90.8 Å². The Bertz CT molecular complexity index is 347. The van der Waals surface area contributed by atoms with E-state index < -0.39 is 0 Å². The van der Waals surface area contributed by atoms with Gasteiger partial charge in [0.1, 0.15) is 0 Å². The molecule has 0 bridgehead atoms. The molecular weight excluding hydrogens is 248 g/mol. The van der Waals surface area contributed by atoms with E-state index in [2.05, 4.69) is 15.9 Å². The molecule has 1 aromatic rings. The van der Waals surface area contributed by atoms with Gasteiger partial charge in [-0.3, -0.25) is 0 Å². The molecule has 0 aliphatic rings. The number of phenolic OH excluding ortho intramolecular Hbond substituents is 2. The molecule has 0 fully saturated rings. The first kappa shape index (κ1) is 10.9. The molecule has 0 unspecified atom stereocenters. The third-order valence-electron chi connectivity index (χ3n) is 1.70. The monoisotopic (exact) mass is 258 g/mol. The highest BCUT2D eigenvalue weighted by molar-refractivity contribution is 9.09. The van der Waals surface area contributed by atoms with Crippen molar-refractivity contribution >= 4 is 22.0 Å². The van der Waals surface area contributed by atoms with Crippen molar-refractivity contribution in [2.75, 3.05) is 12.4 Å². The largest absolute Gasteiger partial charge is 0.504 e. The molecule has 1 aromatic carbocycles. The summed E-state index contributed by atoms with van der Waals surface area (Å²) in [6, 6.07) is 3.12. The van der Waals surface area contributed by atoms with Gasteiger partial charge in [-0.15, -0.1) is 0 Å². The fraction of sp³-hybridized carbons (Fsp3) is 0.200. The first-order valence-electron chi connectivity index (χ1n) is 4.01. The predicted octanol–water partition coefficient (Wildman–Crippen LogP) is 2.51. The molecule has 3 nitrogen and oxygen atoms in total. The first-order valence-corrected chi connectivity index (χ1v) is 5.13. The van der Waals surface area contributed by atoms with Crippen LogP contribution in [0.5, 0.6) is 17.2 Å². The molecule has 4 heteroatoms. The van der Waals surface area contributed by atoms with Crippen LogP contribution in [0, 0.1) is 0 Å². The maximum Gasteiger partial charge on any atom is 0.200 e. The van der Waals surface area contributed by atoms with Gasteiger partial charge < -0.3 is 14.9 Å². The molecule has 14 heavy (non-hydrogen) atoms. The van der Waals surface area contributed by atoms with Crippen molar-refractivity contribution < 1.29 is 14.9 Å². The second-order valence-electron chi connectivity index (χ2n) is 2.65. The second-order valence-corrected chi connectivity index (χ2v) is 3.30. The highest BCUT2D eigenvalue weighted by Crippen LogP contribution is 2.36. The number of phenols is 2. The number of rotatable bonds is 3. The van der Waals surface area contributed by atoms with E-state index in [9.17, 15) is 10.2 Å². The highest BCUT2D eigenvalue weighted by atomic mass is 79.9. The summed E-state index contributed by atoms with van der Waals surface area (Å²) in [5.74, 6) is -0.152. The quantitative estimate of drug-likeness (QED) is 0.647. The molecule has 1 rings (SSSR count). The number of hydrogen-bond acceptors (Lipinski definition) is 3. The van der Waals surface area contributed by atoms with E-state index in [0.29, 0.717) is 0 Å². The van der Waals surface area contributed by atoms with Crippen LogP contribution in [0.2, 0.25) is 0 Å². The van der Waals surface area contributed by atoms with Crippen molar-refractivity contribution in [2.45, 2.75) is 0 Å². The maximum absolute atomic E-state index is 9.34. The molecule has 0 heterocycles. The lowest BCUT2D eigenvalue weighted by atomic mass is 10.1. The lowest BCUT2D eigenvalue weighted by Crippen LogP contribution is -1.85. The van der Waals surface area contributed by atoms with E-state index in [1.54, 1.807) is 6.07 Å². The van der Waals surface area contributed by atoms with E-state index in [1.165, 1.54) is 13.2 Å². The maximum atomic E-state index is 9.34. The van der Waals surface area contributed by atoms with Crippen LogP contribution in [-0.2, 0) is 0 Å². The van der Waals surface area contributed by atoms with Crippen molar-refractivity contribution in [3.63, 3.8) is 0 Å². The molecule has 0 aliphatic heterocycles. The van der Waals surface area contributed by atoms with E-state index in [4.69, 9.17) is 4.74 Å². The van der Waals surface area contributed by atoms with Crippen molar-refractivity contribution in [3.8, 4) is 17.2 Å². The number of halogens is 1. The number of methoxy groups -OCH3 is 1. The van der Waals surface area contributed by atoms with E-state index in [1.807, 2.05) is 12.2 Å². The molecule has 0 saturated heterocycles. The number of alkyl halides is 1. The van der Waals surface area contributed by atoms with Gasteiger partial charge in [0.25, 0.3) is 0 Å². The van der Waals surface area contributed by atoms with Crippen molar-refractivity contribution in [1.29, 1.82) is 0 Å². The van der Waals surface area contributed by atoms with Gasteiger partial charge in [0.05, 0.1) is 7.11 Å². The second kappa shape index (κ2) is 4.91. The molecule has 0 spiro atoms. The number of benzene rings is 1. The normalized spacial score (nSPS) is 10.7. The molecule has 0 aliphatic carbocycles. The van der Waals surface area contributed by atoms with Gasteiger partial charge >= 0.3 is 0 Å². The first-order chi connectivity index (χ1) is 6.69. The summed E-state index contributed by atoms with van der Waals surface area (Å²) < 4.78 is 4.89. The third kappa shape index (κ3) is 2.42. The number of ether oxygens (including phenoxy) is 1. The standard InChI is InChI=1S/C10H11BrO3/c1-14-9-6-7(3-2-4-11)5-8(12)10(9)13/h2-3,5-6,12-13H,4H2,1H3. The molecule has 0 amide bonds. The Kier molecular flexibility index (Phi) is 3.83. The fourth-order valence-corrected chi connectivity index (χ4v) is 1.23. The summed E-state index contributed by atoms with van der Waals surface area (Å²) in [6.07, 6.45) is 3.70. The van der Waals surface area contributed by atoms with Crippen LogP contribution in [0.4, 0.5) is 0 Å². The summed E-state index contributed by atoms with van der Waals surface area (Å²) in [5.41, 5.74) is 0.775. The van der Waals surface area contributed by atoms with Crippen molar-refractivity contribution in [2.24, 2.45) is 0 Å². The van der Waals surface area contributed by atoms with E-state index in [0.717, 1.165) is 10.9 Å². The average Bonchev–Trinajstić information content (AvgIpc) is 2.19. The molecule has 76 valence electrons. The van der Waals surface area contributed by atoms with Crippen LogP contribution in [0.3, 0.4) is 0 Å². The van der Waals surface area contributed by atoms with Crippen LogP contribution >= 0.6 is 15.9 Å². The zero-order valence-corrected chi connectivity index (χ0v) is 9.28. The molecule has 0 aromatic heterocycles. The van der Waals surface area contributed by atoms with Crippen LogP contribution in [-0.4, -0.2) is 22.7 Å². The van der Waals surface area contributed by atoms with Gasteiger partial charge in [0, 0.05) is 5.33 Å². The molecule has 0 atom stereocenters. The Morgan fingerprint density at radius 1 is 1.43 bits per heavy atom. The fourth-order valence-electron chi connectivity index (χ4n) is 1.05. The third-order valence-corrected chi connectivity index (χ3v) is 2.07. The zero-order chi connectivity index (χ0) is 10.6. The minimum absolute atomic E-state index is 0.182. The number of aromatic hydroxyl groups is 2. The lowest BCUT2D eigenvalue weighted by molar-refractivity contribution is 0.351. The summed E-state index contributed by atoms with van der Waals surface area (Å²) in [7, 11) is 1.44. The van der Waals surface area contributed by atoms with Crippen LogP contribution in [0.15, 0.2) is 18.2 Å². The van der Waals surface area contributed by atoms with Crippen LogP contribution in [0.25, 0.3) is 6.08 Å². The summed E-state index contributed by atoms with van der Waals surface area (Å²) in [5, 5.41) is 19.4. The molecule has 2 N–H and O–H groups in total. The Hall–Kier alpha value is -1.16. The van der Waals surface area contributed by atoms with E-state index in [-0.39, 0.29) is 17.2 Å². The van der Waals surface area contributed by atoms with Gasteiger partial charge in [-0.2, -0.15) is 0 Å². The van der Waals surface area contributed by atoms with Gasteiger partial charge in [0.15, 0.2) is 11.5 Å². The Balaban J connectivity index is 3.09. The van der Waals surface area contributed by atoms with E-state index >= 15 is 0 Å². The van der Waals surface area contributed by atoms with Gasteiger partial charge in [-0.1, -0.05) is 28.1 Å². The molecule has 0 radical (unpaired) electrons. The summed E-state index contributed by atoms with van der Waals surface area (Å²) >= 11 is 3.25. The van der Waals surface area contributed by atoms with Gasteiger partial charge in [0.2, 0.25) is 5.75 Å². The lowest BCUT2D eigenvalue weighted by Gasteiger charge is -2.06. The highest BCUT2D eigenvalue weighted by Gasteiger charge is 2.07. The van der Waals surface area contributed by atoms with Crippen molar-refractivity contribution in [1.82, 2.24) is 0 Å². The summed E-state index contributed by atoms with van der Waals surface area (Å²) in [6.45, 7) is 0. The molecule has 0 saturated carbocycles. The van der Waals surface area contributed by atoms with Crippen molar-refractivity contribution in [3.05, 3.63) is 23.8 Å². The number of hydrogen-bond donors (Lipinski definition) is 2. The van der Waals surface area contributed by atoms with Crippen LogP contribution < -0.4 is 4.74 Å². The SMILES string of the molecule is COc1cc(C=CCBr)cc(O)c1O. The van der Waals surface area contributed by atoms with Gasteiger partial charge in [-0.25, -0.2) is 0 Å². The predicted molar refractivity (Wildman–Crippen MR) is 59.2 cm³/mol. The topological polar surface area (TPSA) is 49.7 Å². The average molecular weight is 259 g/mol. The smallest absolute Gasteiger partial charge is 0.200 e. The molecular formula is C10H11BrO3. The van der Waals surface area contributed by atoms with Gasteiger partial charge in [-0.05, 0) is 17.7 Å². The minimum Gasteiger partial charge on any atom is -0.504 e. The summed E-state index contributed by atoms with van der Waals surface area (Å²) in [4.78, 5) is 0. The minimum atomic E-state index is -0.233. The van der Waals surface area contributed by atoms with Crippen LogP contribution in [0.1, 0.15) is 5.56 Å². The zero-order valence-electron chi connectivity index (χ0n) is 7.70. The number of allylic oxidation sites excluding steroid dienone is 1. The Morgan fingerprint density at radius 3 is 2.71 bits per heavy atom.